The van der Waals surface area contributed by atoms with Gasteiger partial charge >= 0.3 is 0 Å². The fourth-order valence-electron chi connectivity index (χ4n) is 2.70. The van der Waals surface area contributed by atoms with Crippen LogP contribution in [-0.4, -0.2) is 32.1 Å². The molecule has 1 N–H and O–H groups in total. The summed E-state index contributed by atoms with van der Waals surface area (Å²) in [4.78, 5) is 16.5. The van der Waals surface area contributed by atoms with Crippen molar-refractivity contribution >= 4 is 38.2 Å². The molecule has 2 aromatic carbocycles. The quantitative estimate of drug-likeness (QED) is 0.724. The van der Waals surface area contributed by atoms with E-state index < -0.39 is 10.0 Å². The smallest absolute Gasteiger partial charge is 0.232 e. The number of benzene rings is 2. The van der Waals surface area contributed by atoms with E-state index >= 15 is 0 Å². The first-order chi connectivity index (χ1) is 12.4. The van der Waals surface area contributed by atoms with Gasteiger partial charge in [-0.05, 0) is 24.3 Å². The van der Waals surface area contributed by atoms with E-state index in [0.29, 0.717) is 16.9 Å². The Labute approximate surface area is 152 Å². The monoisotopic (exact) mass is 369 g/mol. The highest BCUT2D eigenvalue weighted by Crippen LogP contribution is 2.26. The van der Waals surface area contributed by atoms with E-state index in [0.717, 1.165) is 11.6 Å². The lowest BCUT2D eigenvalue weighted by atomic mass is 10.2. The van der Waals surface area contributed by atoms with Crippen LogP contribution in [0, 0.1) is 0 Å². The number of pyridine rings is 1. The van der Waals surface area contributed by atoms with Crippen LogP contribution >= 0.6 is 0 Å². The normalized spacial score (nSPS) is 11.3. The Hall–Kier alpha value is -2.93. The average Bonchev–Trinajstić information content (AvgIpc) is 2.62. The minimum Gasteiger partial charge on any atom is -0.326 e. The van der Waals surface area contributed by atoms with E-state index in [9.17, 15) is 13.2 Å². The Kier molecular flexibility index (Phi) is 5.18. The fourth-order valence-corrected chi connectivity index (χ4v) is 3.63. The Bertz CT molecular complexity index is 1020. The van der Waals surface area contributed by atoms with Crippen molar-refractivity contribution in [2.24, 2.45) is 0 Å². The molecule has 1 amide bonds. The number of hydrogen-bond acceptors (Lipinski definition) is 4. The van der Waals surface area contributed by atoms with Crippen LogP contribution in [0.4, 0.5) is 11.4 Å². The van der Waals surface area contributed by atoms with Crippen molar-refractivity contribution in [1.82, 2.24) is 4.98 Å². The van der Waals surface area contributed by atoms with Gasteiger partial charge in [-0.1, -0.05) is 36.4 Å². The van der Waals surface area contributed by atoms with Crippen molar-refractivity contribution in [2.45, 2.75) is 6.42 Å². The van der Waals surface area contributed by atoms with E-state index in [4.69, 9.17) is 0 Å². The van der Waals surface area contributed by atoms with Gasteiger partial charge in [-0.3, -0.25) is 14.1 Å². The molecule has 6 nitrogen and oxygen atoms in total. The maximum Gasteiger partial charge on any atom is 0.232 e. The first-order valence-corrected chi connectivity index (χ1v) is 9.96. The van der Waals surface area contributed by atoms with E-state index in [1.807, 2.05) is 30.3 Å². The molecule has 134 valence electrons. The number of aromatic nitrogens is 1. The molecule has 0 aliphatic carbocycles. The number of para-hydroxylation sites is 2. The molecule has 1 heterocycles. The summed E-state index contributed by atoms with van der Waals surface area (Å²) in [7, 11) is -3.56. The van der Waals surface area contributed by atoms with E-state index in [2.05, 4.69) is 10.3 Å². The van der Waals surface area contributed by atoms with Crippen molar-refractivity contribution in [3.8, 4) is 0 Å². The summed E-state index contributed by atoms with van der Waals surface area (Å²) in [5.41, 5.74) is 1.73. The Morgan fingerprint density at radius 2 is 1.77 bits per heavy atom. The molecule has 0 spiro atoms. The van der Waals surface area contributed by atoms with Crippen LogP contribution in [0.15, 0.2) is 66.9 Å². The number of carbonyl (C=O) groups excluding carboxylic acids is 1. The van der Waals surface area contributed by atoms with Crippen molar-refractivity contribution in [3.63, 3.8) is 0 Å². The number of anilines is 2. The molecule has 3 aromatic rings. The van der Waals surface area contributed by atoms with Crippen molar-refractivity contribution in [1.29, 1.82) is 0 Å². The van der Waals surface area contributed by atoms with Gasteiger partial charge in [0.1, 0.15) is 0 Å². The zero-order valence-electron chi connectivity index (χ0n) is 14.3. The number of sulfonamides is 1. The Balaban J connectivity index is 1.82. The summed E-state index contributed by atoms with van der Waals surface area (Å²) in [5.74, 6) is -0.252. The standard InChI is InChI=1S/C19H19N3O3S/c1-26(24,25)22(14-12-18(23)21-16-9-3-2-4-10-16)17-11-5-7-15-8-6-13-20-19(15)17/h2-11,13H,12,14H2,1H3,(H,21,23). The molecule has 7 heteroatoms. The summed E-state index contributed by atoms with van der Waals surface area (Å²) in [6, 6.07) is 18.1. The number of carbonyl (C=O) groups is 1. The third-order valence-electron chi connectivity index (χ3n) is 3.88. The number of amides is 1. The van der Waals surface area contributed by atoms with Crippen molar-refractivity contribution < 1.29 is 13.2 Å². The van der Waals surface area contributed by atoms with Gasteiger partial charge in [0.2, 0.25) is 15.9 Å². The topological polar surface area (TPSA) is 79.4 Å². The maximum absolute atomic E-state index is 12.3. The highest BCUT2D eigenvalue weighted by molar-refractivity contribution is 7.92. The summed E-state index contributed by atoms with van der Waals surface area (Å²) in [6.45, 7) is 0.0349. The molecule has 1 aromatic heterocycles. The lowest BCUT2D eigenvalue weighted by molar-refractivity contribution is -0.116. The number of rotatable bonds is 6. The molecule has 0 saturated carbocycles. The van der Waals surface area contributed by atoms with Crippen LogP contribution in [0.1, 0.15) is 6.42 Å². The highest BCUT2D eigenvalue weighted by Gasteiger charge is 2.21. The Morgan fingerprint density at radius 1 is 1.04 bits per heavy atom. The van der Waals surface area contributed by atoms with Gasteiger partial charge in [-0.2, -0.15) is 0 Å². The summed E-state index contributed by atoms with van der Waals surface area (Å²) in [5, 5.41) is 3.60. The van der Waals surface area contributed by atoms with Crippen LogP contribution in [0.3, 0.4) is 0 Å². The SMILES string of the molecule is CS(=O)(=O)N(CCC(=O)Nc1ccccc1)c1cccc2cccnc12. The maximum atomic E-state index is 12.3. The second-order valence-electron chi connectivity index (χ2n) is 5.85. The molecule has 0 atom stereocenters. The van der Waals surface area contributed by atoms with Gasteiger partial charge in [0, 0.05) is 30.2 Å². The second-order valence-corrected chi connectivity index (χ2v) is 7.76. The predicted molar refractivity (Wildman–Crippen MR) is 104 cm³/mol. The largest absolute Gasteiger partial charge is 0.326 e. The molecule has 0 unspecified atom stereocenters. The second kappa shape index (κ2) is 7.53. The Morgan fingerprint density at radius 3 is 2.50 bits per heavy atom. The van der Waals surface area contributed by atoms with Crippen LogP contribution < -0.4 is 9.62 Å². The number of hydrogen-bond donors (Lipinski definition) is 1. The lowest BCUT2D eigenvalue weighted by Gasteiger charge is -2.23. The van der Waals surface area contributed by atoms with Gasteiger partial charge in [-0.15, -0.1) is 0 Å². The van der Waals surface area contributed by atoms with Crippen molar-refractivity contribution in [2.75, 3.05) is 22.4 Å². The van der Waals surface area contributed by atoms with Gasteiger partial charge in [-0.25, -0.2) is 8.42 Å². The van der Waals surface area contributed by atoms with Gasteiger partial charge in [0.25, 0.3) is 0 Å². The van der Waals surface area contributed by atoms with Crippen LogP contribution in [-0.2, 0) is 14.8 Å². The number of fused-ring (bicyclic) bond motifs is 1. The molecule has 0 fully saturated rings. The average molecular weight is 369 g/mol. The summed E-state index contributed by atoms with van der Waals surface area (Å²) >= 11 is 0. The van der Waals surface area contributed by atoms with E-state index in [-0.39, 0.29) is 18.9 Å². The highest BCUT2D eigenvalue weighted by atomic mass is 32.2. The molecule has 0 aliphatic rings. The minimum absolute atomic E-state index is 0.0329. The predicted octanol–water partition coefficient (Wildman–Crippen LogP) is 3.03. The van der Waals surface area contributed by atoms with E-state index in [1.54, 1.807) is 36.5 Å². The molecule has 0 saturated heterocycles. The summed E-state index contributed by atoms with van der Waals surface area (Å²) < 4.78 is 25.9. The van der Waals surface area contributed by atoms with Gasteiger partial charge in [0.05, 0.1) is 17.5 Å². The fraction of sp³-hybridized carbons (Fsp3) is 0.158. The zero-order chi connectivity index (χ0) is 18.6. The molecule has 26 heavy (non-hydrogen) atoms. The molecular weight excluding hydrogens is 350 g/mol. The summed E-state index contributed by atoms with van der Waals surface area (Å²) in [6.07, 6.45) is 2.78. The lowest BCUT2D eigenvalue weighted by Crippen LogP contribution is -2.33. The van der Waals surface area contributed by atoms with Crippen LogP contribution in [0.25, 0.3) is 10.9 Å². The minimum atomic E-state index is -3.56. The first kappa shape index (κ1) is 17.9. The number of nitrogens with one attached hydrogen (secondary N) is 1. The van der Waals surface area contributed by atoms with Crippen molar-refractivity contribution in [3.05, 3.63) is 66.9 Å². The third kappa shape index (κ3) is 4.18. The van der Waals surface area contributed by atoms with Crippen LogP contribution in [0.2, 0.25) is 0 Å². The molecule has 3 rings (SSSR count). The molecular formula is C19H19N3O3S. The number of nitrogens with zero attached hydrogens (tertiary/aromatic N) is 2. The van der Waals surface area contributed by atoms with Gasteiger partial charge < -0.3 is 5.32 Å². The molecule has 0 aliphatic heterocycles. The van der Waals surface area contributed by atoms with E-state index in [1.165, 1.54) is 4.31 Å². The zero-order valence-corrected chi connectivity index (χ0v) is 15.1. The third-order valence-corrected chi connectivity index (χ3v) is 5.06. The molecule has 0 radical (unpaired) electrons. The molecule has 0 bridgehead atoms. The van der Waals surface area contributed by atoms with Gasteiger partial charge in [0.15, 0.2) is 0 Å². The van der Waals surface area contributed by atoms with Crippen LogP contribution in [0.5, 0.6) is 0 Å². The first-order valence-electron chi connectivity index (χ1n) is 8.11.